The van der Waals surface area contributed by atoms with Crippen LogP contribution in [0.2, 0.25) is 0 Å². The predicted molar refractivity (Wildman–Crippen MR) is 55.7 cm³/mol. The molecule has 2 rings (SSSR count). The van der Waals surface area contributed by atoms with Gasteiger partial charge in [0.1, 0.15) is 0 Å². The Bertz CT molecular complexity index is 233. The Morgan fingerprint density at radius 1 is 0.846 bits per heavy atom. The molecule has 78 valence electrons. The van der Waals surface area contributed by atoms with Gasteiger partial charge < -0.3 is 36.1 Å². The van der Waals surface area contributed by atoms with E-state index in [0.717, 1.165) is 5.69 Å². The summed E-state index contributed by atoms with van der Waals surface area (Å²) in [4.78, 5) is 0. The zero-order valence-corrected chi connectivity index (χ0v) is 8.96. The minimum absolute atomic E-state index is 0. The minimum Gasteiger partial charge on any atom is -0.748 e. The maximum atomic E-state index is 5.28. The fourth-order valence-corrected chi connectivity index (χ4v) is 0.710. The summed E-state index contributed by atoms with van der Waals surface area (Å²) in [6, 6.07) is 17.5. The Morgan fingerprint density at radius 2 is 1.15 bits per heavy atom. The molecule has 0 unspecified atom stereocenters. The first-order valence-corrected chi connectivity index (χ1v) is 3.53. The second kappa shape index (κ2) is 9.40. The molecule has 1 nitrogen and oxygen atoms in total. The molecule has 2 N–H and O–H groups in total. The van der Waals surface area contributed by atoms with Crippen molar-refractivity contribution in [2.24, 2.45) is 0 Å². The standard InChI is InChI=1S/C5H6N.C5H5.ClH.Fe/c6-5-3-1-2-4-5;1-2-4-5-3-1;;/h1-4H,6H2;1-5H;1H;/q-1;-5;;. The summed E-state index contributed by atoms with van der Waals surface area (Å²) in [5.41, 5.74) is 6.12. The van der Waals surface area contributed by atoms with Gasteiger partial charge >= 0.3 is 0 Å². The molecule has 0 amide bonds. The maximum absolute atomic E-state index is 5.28. The van der Waals surface area contributed by atoms with Crippen molar-refractivity contribution in [2.75, 3.05) is 5.73 Å². The Morgan fingerprint density at radius 3 is 1.31 bits per heavy atom. The quantitative estimate of drug-likeness (QED) is 0.553. The summed E-state index contributed by atoms with van der Waals surface area (Å²) in [5, 5.41) is 0. The Labute approximate surface area is 95.6 Å². The van der Waals surface area contributed by atoms with Crippen molar-refractivity contribution >= 4 is 18.1 Å². The molecule has 0 atom stereocenters. The van der Waals surface area contributed by atoms with Crippen molar-refractivity contribution < 1.29 is 17.1 Å². The largest absolute Gasteiger partial charge is 0.748 e. The number of rotatable bonds is 0. The summed E-state index contributed by atoms with van der Waals surface area (Å²) in [5.74, 6) is 0. The van der Waals surface area contributed by atoms with Crippen LogP contribution in [0.1, 0.15) is 0 Å². The van der Waals surface area contributed by atoms with Crippen molar-refractivity contribution in [3.8, 4) is 0 Å². The Hall–Kier alpha value is -0.691. The molecule has 0 fully saturated rings. The van der Waals surface area contributed by atoms with Gasteiger partial charge in [0.05, 0.1) is 0 Å². The van der Waals surface area contributed by atoms with Crippen LogP contribution in [0.3, 0.4) is 0 Å². The van der Waals surface area contributed by atoms with Crippen LogP contribution in [0.5, 0.6) is 0 Å². The van der Waals surface area contributed by atoms with E-state index in [1.165, 1.54) is 0 Å². The number of anilines is 1. The van der Waals surface area contributed by atoms with Crippen LogP contribution in [0, 0.1) is 0 Å². The van der Waals surface area contributed by atoms with E-state index in [1.54, 1.807) is 0 Å². The molecule has 0 saturated carbocycles. The number of nitrogen functional groups attached to an aromatic ring is 1. The molecule has 0 saturated heterocycles. The first-order chi connectivity index (χ1) is 5.39. The molecular formula is C10H12ClFeN-6. The van der Waals surface area contributed by atoms with Crippen LogP contribution >= 0.6 is 12.4 Å². The SMILES string of the molecule is Cl.N[c-]1cccc1.[Fe].[cH-]1[cH-][cH-][cH-][cH-]1. The van der Waals surface area contributed by atoms with Crippen molar-refractivity contribution in [1.82, 2.24) is 0 Å². The number of halogens is 1. The van der Waals surface area contributed by atoms with E-state index in [4.69, 9.17) is 5.73 Å². The van der Waals surface area contributed by atoms with Gasteiger partial charge in [-0.15, -0.1) is 12.4 Å². The van der Waals surface area contributed by atoms with Crippen LogP contribution < -0.4 is 5.73 Å². The summed E-state index contributed by atoms with van der Waals surface area (Å²) in [7, 11) is 0. The molecule has 3 heteroatoms. The maximum Gasteiger partial charge on any atom is 0 e. The molecule has 13 heavy (non-hydrogen) atoms. The van der Waals surface area contributed by atoms with E-state index in [0.29, 0.717) is 0 Å². The van der Waals surface area contributed by atoms with Gasteiger partial charge in [0.15, 0.2) is 0 Å². The summed E-state index contributed by atoms with van der Waals surface area (Å²) >= 11 is 0. The molecular weight excluding hydrogens is 225 g/mol. The van der Waals surface area contributed by atoms with Gasteiger partial charge in [-0.1, -0.05) is 5.69 Å². The van der Waals surface area contributed by atoms with E-state index in [1.807, 2.05) is 54.6 Å². The summed E-state index contributed by atoms with van der Waals surface area (Å²) in [6.07, 6.45) is 0. The first kappa shape index (κ1) is 14.8. The van der Waals surface area contributed by atoms with E-state index in [9.17, 15) is 0 Å². The second-order valence-electron chi connectivity index (χ2n) is 2.18. The van der Waals surface area contributed by atoms with Gasteiger partial charge in [-0.3, -0.25) is 0 Å². The van der Waals surface area contributed by atoms with E-state index in [-0.39, 0.29) is 29.5 Å². The Balaban J connectivity index is 0. The number of nitrogens with two attached hydrogens (primary N) is 1. The summed E-state index contributed by atoms with van der Waals surface area (Å²) < 4.78 is 0. The second-order valence-corrected chi connectivity index (χ2v) is 2.18. The van der Waals surface area contributed by atoms with Crippen molar-refractivity contribution in [3.63, 3.8) is 0 Å². The van der Waals surface area contributed by atoms with E-state index < -0.39 is 0 Å². The van der Waals surface area contributed by atoms with E-state index in [2.05, 4.69) is 0 Å². The van der Waals surface area contributed by atoms with Crippen LogP contribution in [0.4, 0.5) is 5.69 Å². The van der Waals surface area contributed by atoms with Gasteiger partial charge in [0.2, 0.25) is 0 Å². The zero-order valence-electron chi connectivity index (χ0n) is 7.04. The molecule has 0 aliphatic carbocycles. The van der Waals surface area contributed by atoms with Crippen LogP contribution in [-0.4, -0.2) is 0 Å². The number of hydrogen-bond donors (Lipinski definition) is 1. The normalized spacial score (nSPS) is 7.08. The molecule has 0 aromatic heterocycles. The average Bonchev–Trinajstić information content (AvgIpc) is 2.57. The molecule has 0 heterocycles. The van der Waals surface area contributed by atoms with Gasteiger partial charge in [-0.25, -0.2) is 12.1 Å². The fourth-order valence-electron chi connectivity index (χ4n) is 0.710. The van der Waals surface area contributed by atoms with Crippen LogP contribution in [-0.2, 0) is 17.1 Å². The molecule has 0 radical (unpaired) electrons. The third-order valence-corrected chi connectivity index (χ3v) is 1.24. The number of hydrogen-bond acceptors (Lipinski definition) is 1. The Kier molecular flexibility index (Phi) is 10.7. The third-order valence-electron chi connectivity index (χ3n) is 1.24. The van der Waals surface area contributed by atoms with E-state index >= 15 is 0 Å². The van der Waals surface area contributed by atoms with Gasteiger partial charge in [-0.2, -0.15) is 12.1 Å². The van der Waals surface area contributed by atoms with Crippen molar-refractivity contribution in [1.29, 1.82) is 0 Å². The first-order valence-electron chi connectivity index (χ1n) is 3.53. The molecule has 0 aliphatic rings. The molecule has 2 aromatic rings. The smallest absolute Gasteiger partial charge is 0 e. The summed E-state index contributed by atoms with van der Waals surface area (Å²) in [6.45, 7) is 0. The average molecular weight is 238 g/mol. The molecule has 0 bridgehead atoms. The monoisotopic (exact) mass is 237 g/mol. The molecule has 0 spiro atoms. The predicted octanol–water partition coefficient (Wildman–Crippen LogP) is 2.81. The zero-order chi connectivity index (χ0) is 7.94. The minimum atomic E-state index is 0. The van der Waals surface area contributed by atoms with Crippen molar-refractivity contribution in [3.05, 3.63) is 54.6 Å². The van der Waals surface area contributed by atoms with Crippen molar-refractivity contribution in [2.45, 2.75) is 0 Å². The van der Waals surface area contributed by atoms with Crippen LogP contribution in [0.25, 0.3) is 0 Å². The topological polar surface area (TPSA) is 26.0 Å². The van der Waals surface area contributed by atoms with Crippen LogP contribution in [0.15, 0.2) is 54.6 Å². The fraction of sp³-hybridized carbons (Fsp3) is 0. The molecule has 0 aliphatic heterocycles. The third kappa shape index (κ3) is 7.66. The van der Waals surface area contributed by atoms with Gasteiger partial charge in [0, 0.05) is 17.1 Å². The molecule has 2 aromatic carbocycles. The van der Waals surface area contributed by atoms with Gasteiger partial charge in [0.25, 0.3) is 0 Å². The van der Waals surface area contributed by atoms with Gasteiger partial charge in [-0.05, 0) is 0 Å².